The lowest BCUT2D eigenvalue weighted by molar-refractivity contribution is 0.116. The smallest absolute Gasteiger partial charge is 0.120 e. The Balaban J connectivity index is 0. The van der Waals surface area contributed by atoms with Crippen LogP contribution < -0.4 is 11.5 Å². The molecule has 1 fully saturated rings. The molecule has 0 aromatic carbocycles. The van der Waals surface area contributed by atoms with Gasteiger partial charge >= 0.3 is 0 Å². The number of rotatable bonds is 2. The molecule has 0 aromatic rings. The van der Waals surface area contributed by atoms with Gasteiger partial charge < -0.3 is 16.4 Å². The van der Waals surface area contributed by atoms with Crippen LogP contribution in [-0.4, -0.2) is 24.2 Å². The number of allylic oxidation sites excluding steroid dienone is 3. The van der Waals surface area contributed by atoms with Crippen molar-refractivity contribution >= 4 is 0 Å². The first kappa shape index (κ1) is 20.6. The van der Waals surface area contributed by atoms with Crippen molar-refractivity contribution in [2.45, 2.75) is 47.2 Å². The molecular formula is C15H29FN4. The van der Waals surface area contributed by atoms with Gasteiger partial charge in [-0.2, -0.15) is 5.26 Å². The maximum Gasteiger partial charge on any atom is 0.120 e. The molecule has 4 nitrogen and oxygen atoms in total. The van der Waals surface area contributed by atoms with Crippen LogP contribution in [0.3, 0.4) is 0 Å². The van der Waals surface area contributed by atoms with Crippen molar-refractivity contribution in [1.82, 2.24) is 4.90 Å². The maximum absolute atomic E-state index is 13.4. The van der Waals surface area contributed by atoms with Gasteiger partial charge in [0, 0.05) is 6.54 Å². The van der Waals surface area contributed by atoms with Gasteiger partial charge in [0.05, 0.1) is 12.4 Å². The average molecular weight is 284 g/mol. The average Bonchev–Trinajstić information content (AvgIpc) is 2.51. The SMILES string of the molecule is CC.CC.CC1CCN(/C(N)=C/C=C(\N)C#N)CC1F. The number of nitriles is 1. The highest BCUT2D eigenvalue weighted by Gasteiger charge is 2.25. The summed E-state index contributed by atoms with van der Waals surface area (Å²) in [4.78, 5) is 1.77. The Morgan fingerprint density at radius 3 is 2.25 bits per heavy atom. The Labute approximate surface area is 122 Å². The minimum absolute atomic E-state index is 0.0868. The molecule has 2 unspecified atom stereocenters. The Morgan fingerprint density at radius 1 is 1.25 bits per heavy atom. The van der Waals surface area contributed by atoms with Crippen LogP contribution in [0.15, 0.2) is 23.7 Å². The Bertz CT molecular complexity index is 344. The number of nitrogens with two attached hydrogens (primary N) is 2. The third-order valence-corrected chi connectivity index (χ3v) is 2.79. The van der Waals surface area contributed by atoms with Crippen LogP contribution in [0.5, 0.6) is 0 Å². The number of nitrogens with zero attached hydrogens (tertiary/aromatic N) is 2. The van der Waals surface area contributed by atoms with Crippen molar-refractivity contribution in [2.24, 2.45) is 17.4 Å². The normalized spacial score (nSPS) is 22.8. The molecule has 1 rings (SSSR count). The van der Waals surface area contributed by atoms with E-state index in [1.807, 2.05) is 34.6 Å². The van der Waals surface area contributed by atoms with Gasteiger partial charge in [0.1, 0.15) is 17.9 Å². The standard InChI is InChI=1S/C11H17FN4.2C2H6/c1-8-4-5-16(7-10(8)12)11(15)3-2-9(14)6-13;2*1-2/h2-3,8,10H,4-5,7,14-15H2,1H3;2*1-2H3/b9-2-,11-3+;;. The first-order valence-electron chi connectivity index (χ1n) is 7.26. The Morgan fingerprint density at radius 2 is 1.80 bits per heavy atom. The second kappa shape index (κ2) is 12.3. The summed E-state index contributed by atoms with van der Waals surface area (Å²) in [6, 6.07) is 1.79. The van der Waals surface area contributed by atoms with E-state index in [1.54, 1.807) is 17.0 Å². The first-order chi connectivity index (χ1) is 9.54. The van der Waals surface area contributed by atoms with Gasteiger partial charge in [0.25, 0.3) is 0 Å². The maximum atomic E-state index is 13.4. The summed E-state index contributed by atoms with van der Waals surface area (Å²) >= 11 is 0. The molecule has 5 heteroatoms. The van der Waals surface area contributed by atoms with Gasteiger partial charge in [0.15, 0.2) is 0 Å². The zero-order valence-corrected chi connectivity index (χ0v) is 13.4. The van der Waals surface area contributed by atoms with Gasteiger partial charge in [-0.1, -0.05) is 34.6 Å². The molecule has 0 radical (unpaired) electrons. The first-order valence-corrected chi connectivity index (χ1v) is 7.26. The molecule has 0 saturated carbocycles. The molecule has 116 valence electrons. The van der Waals surface area contributed by atoms with Crippen molar-refractivity contribution < 1.29 is 4.39 Å². The van der Waals surface area contributed by atoms with E-state index in [1.165, 1.54) is 6.08 Å². The van der Waals surface area contributed by atoms with E-state index in [9.17, 15) is 4.39 Å². The lowest BCUT2D eigenvalue weighted by atomic mass is 9.97. The highest BCUT2D eigenvalue weighted by Crippen LogP contribution is 2.21. The van der Waals surface area contributed by atoms with Crippen LogP contribution in [0.4, 0.5) is 4.39 Å². The van der Waals surface area contributed by atoms with Gasteiger partial charge in [-0.15, -0.1) is 0 Å². The highest BCUT2D eigenvalue weighted by molar-refractivity contribution is 5.23. The summed E-state index contributed by atoms with van der Waals surface area (Å²) in [6.45, 7) is 10.9. The molecule has 4 N–H and O–H groups in total. The van der Waals surface area contributed by atoms with Crippen molar-refractivity contribution in [2.75, 3.05) is 13.1 Å². The van der Waals surface area contributed by atoms with E-state index in [2.05, 4.69) is 0 Å². The van der Waals surface area contributed by atoms with E-state index < -0.39 is 6.17 Å². The van der Waals surface area contributed by atoms with E-state index in [-0.39, 0.29) is 11.6 Å². The molecule has 1 aliphatic heterocycles. The molecule has 0 aromatic heterocycles. The van der Waals surface area contributed by atoms with Crippen molar-refractivity contribution in [3.63, 3.8) is 0 Å². The van der Waals surface area contributed by atoms with Gasteiger partial charge in [-0.05, 0) is 24.5 Å². The number of alkyl halides is 1. The summed E-state index contributed by atoms with van der Waals surface area (Å²) in [5.41, 5.74) is 11.2. The Kier molecular flexibility index (Phi) is 12.7. The second-order valence-corrected chi connectivity index (χ2v) is 4.05. The van der Waals surface area contributed by atoms with E-state index >= 15 is 0 Å². The van der Waals surface area contributed by atoms with Crippen LogP contribution in [0.2, 0.25) is 0 Å². The molecule has 2 atom stereocenters. The molecular weight excluding hydrogens is 255 g/mol. The van der Waals surface area contributed by atoms with Gasteiger partial charge in [-0.3, -0.25) is 0 Å². The number of piperidine rings is 1. The van der Waals surface area contributed by atoms with E-state index in [0.29, 0.717) is 12.4 Å². The third-order valence-electron chi connectivity index (χ3n) is 2.79. The minimum atomic E-state index is -0.849. The second-order valence-electron chi connectivity index (χ2n) is 4.05. The number of likely N-dealkylation sites (tertiary alicyclic amines) is 1. The molecule has 0 aliphatic carbocycles. The fourth-order valence-corrected chi connectivity index (χ4v) is 1.57. The fraction of sp³-hybridized carbons (Fsp3) is 0.667. The highest BCUT2D eigenvalue weighted by atomic mass is 19.1. The molecule has 0 spiro atoms. The zero-order valence-electron chi connectivity index (χ0n) is 13.4. The summed E-state index contributed by atoms with van der Waals surface area (Å²) in [7, 11) is 0. The van der Waals surface area contributed by atoms with Crippen LogP contribution >= 0.6 is 0 Å². The minimum Gasteiger partial charge on any atom is -0.390 e. The molecule has 0 amide bonds. The molecule has 0 bridgehead atoms. The number of hydrogen-bond acceptors (Lipinski definition) is 4. The van der Waals surface area contributed by atoms with Crippen molar-refractivity contribution in [1.29, 1.82) is 5.26 Å². The third kappa shape index (κ3) is 7.67. The summed E-state index contributed by atoms with van der Waals surface area (Å²) in [5.74, 6) is 0.538. The molecule has 1 saturated heterocycles. The van der Waals surface area contributed by atoms with Crippen LogP contribution in [0.1, 0.15) is 41.0 Å². The fourth-order valence-electron chi connectivity index (χ4n) is 1.57. The van der Waals surface area contributed by atoms with E-state index in [0.717, 1.165) is 13.0 Å². The van der Waals surface area contributed by atoms with Crippen LogP contribution in [0.25, 0.3) is 0 Å². The van der Waals surface area contributed by atoms with Crippen LogP contribution in [-0.2, 0) is 0 Å². The van der Waals surface area contributed by atoms with Crippen molar-refractivity contribution in [3.05, 3.63) is 23.7 Å². The number of halogens is 1. The number of hydrogen-bond donors (Lipinski definition) is 2. The quantitative estimate of drug-likeness (QED) is 0.603. The summed E-state index contributed by atoms with van der Waals surface area (Å²) in [5, 5.41) is 8.45. The lowest BCUT2D eigenvalue weighted by Crippen LogP contribution is -2.42. The largest absolute Gasteiger partial charge is 0.390 e. The van der Waals surface area contributed by atoms with Gasteiger partial charge in [0.2, 0.25) is 0 Å². The monoisotopic (exact) mass is 284 g/mol. The predicted molar refractivity (Wildman–Crippen MR) is 83.1 cm³/mol. The van der Waals surface area contributed by atoms with Crippen LogP contribution in [0, 0.1) is 17.2 Å². The summed E-state index contributed by atoms with van der Waals surface area (Å²) in [6.07, 6.45) is 2.91. The van der Waals surface area contributed by atoms with Gasteiger partial charge in [-0.25, -0.2) is 4.39 Å². The molecule has 1 heterocycles. The van der Waals surface area contributed by atoms with E-state index in [4.69, 9.17) is 16.7 Å². The molecule has 1 aliphatic rings. The summed E-state index contributed by atoms with van der Waals surface area (Å²) < 4.78 is 13.4. The Hall–Kier alpha value is -1.70. The van der Waals surface area contributed by atoms with Crippen molar-refractivity contribution in [3.8, 4) is 6.07 Å². The molecule has 20 heavy (non-hydrogen) atoms. The zero-order chi connectivity index (χ0) is 16.1. The topological polar surface area (TPSA) is 79.1 Å². The predicted octanol–water partition coefficient (Wildman–Crippen LogP) is 2.88. The lowest BCUT2D eigenvalue weighted by Gasteiger charge is -2.34.